The number of aliphatic hydroxyl groups is 1. The molecule has 1 atom stereocenters. The molecule has 0 radical (unpaired) electrons. The molecule has 0 spiro atoms. The number of nitrogens with zero attached hydrogens (tertiary/aromatic N) is 2. The quantitative estimate of drug-likeness (QED) is 0.866. The van der Waals surface area contributed by atoms with Crippen LogP contribution in [0.5, 0.6) is 0 Å². The van der Waals surface area contributed by atoms with E-state index in [1.165, 1.54) is 25.0 Å². The first-order valence-electron chi connectivity index (χ1n) is 9.20. The number of hydrogen-bond acceptors (Lipinski definition) is 4. The van der Waals surface area contributed by atoms with Crippen molar-refractivity contribution < 1.29 is 14.2 Å². The van der Waals surface area contributed by atoms with Gasteiger partial charge in [0.15, 0.2) is 0 Å². The molecule has 1 unspecified atom stereocenters. The first kappa shape index (κ1) is 17.8. The number of likely N-dealkylation sites (tertiary alicyclic amines) is 1. The van der Waals surface area contributed by atoms with Gasteiger partial charge in [-0.05, 0) is 63.0 Å². The minimum atomic E-state index is -0.489. The summed E-state index contributed by atoms with van der Waals surface area (Å²) in [4.78, 5) is 5.09. The minimum Gasteiger partial charge on any atom is -0.388 e. The maximum absolute atomic E-state index is 12.9. The standard InChI is InChI=1S/C19H29FN2O2/c20-17-5-3-16(4-6-17)19(23)2-1-9-21-10-7-18(8-11-21)22-12-14-24-15-13-22/h3-6,18-19,23H,1-2,7-15H2. The van der Waals surface area contributed by atoms with Crippen molar-refractivity contribution in [3.8, 4) is 0 Å². The number of aliphatic hydroxyl groups excluding tert-OH is 1. The molecule has 1 aromatic carbocycles. The van der Waals surface area contributed by atoms with Crippen molar-refractivity contribution >= 4 is 0 Å². The van der Waals surface area contributed by atoms with Crippen LogP contribution in [0.1, 0.15) is 37.4 Å². The number of piperidine rings is 1. The smallest absolute Gasteiger partial charge is 0.123 e. The monoisotopic (exact) mass is 336 g/mol. The summed E-state index contributed by atoms with van der Waals surface area (Å²) in [5, 5.41) is 10.2. The van der Waals surface area contributed by atoms with Crippen molar-refractivity contribution in [3.63, 3.8) is 0 Å². The number of halogens is 1. The third-order valence-electron chi connectivity index (χ3n) is 5.33. The third kappa shape index (κ3) is 4.99. The highest BCUT2D eigenvalue weighted by molar-refractivity contribution is 5.18. The van der Waals surface area contributed by atoms with Crippen molar-refractivity contribution in [1.82, 2.24) is 9.80 Å². The second-order valence-corrected chi connectivity index (χ2v) is 6.93. The van der Waals surface area contributed by atoms with Crippen molar-refractivity contribution in [2.75, 3.05) is 45.9 Å². The summed E-state index contributed by atoms with van der Waals surface area (Å²) >= 11 is 0. The molecule has 0 amide bonds. The third-order valence-corrected chi connectivity index (χ3v) is 5.33. The normalized spacial score (nSPS) is 22.6. The van der Waals surface area contributed by atoms with E-state index in [0.717, 1.165) is 70.4 Å². The molecule has 2 heterocycles. The SMILES string of the molecule is OC(CCCN1CCC(N2CCOCC2)CC1)c1ccc(F)cc1. The van der Waals surface area contributed by atoms with Crippen LogP contribution in [-0.2, 0) is 4.74 Å². The van der Waals surface area contributed by atoms with Gasteiger partial charge in [-0.1, -0.05) is 12.1 Å². The van der Waals surface area contributed by atoms with Gasteiger partial charge >= 0.3 is 0 Å². The van der Waals surface area contributed by atoms with Crippen molar-refractivity contribution in [1.29, 1.82) is 0 Å². The maximum atomic E-state index is 12.9. The fourth-order valence-corrected chi connectivity index (χ4v) is 3.81. The van der Waals surface area contributed by atoms with E-state index in [1.807, 2.05) is 0 Å². The van der Waals surface area contributed by atoms with Crippen LogP contribution in [0.25, 0.3) is 0 Å². The summed E-state index contributed by atoms with van der Waals surface area (Å²) in [6.45, 7) is 7.24. The number of hydrogen-bond donors (Lipinski definition) is 1. The number of morpholine rings is 1. The van der Waals surface area contributed by atoms with Crippen LogP contribution >= 0.6 is 0 Å². The molecule has 2 aliphatic heterocycles. The molecule has 2 aliphatic rings. The lowest BCUT2D eigenvalue weighted by Gasteiger charge is -2.40. The predicted octanol–water partition coefficient (Wildman–Crippen LogP) is 2.44. The second-order valence-electron chi connectivity index (χ2n) is 6.93. The van der Waals surface area contributed by atoms with Gasteiger partial charge in [0.05, 0.1) is 19.3 Å². The van der Waals surface area contributed by atoms with Gasteiger partial charge in [-0.25, -0.2) is 4.39 Å². The zero-order valence-corrected chi connectivity index (χ0v) is 14.4. The van der Waals surface area contributed by atoms with E-state index >= 15 is 0 Å². The number of ether oxygens (including phenoxy) is 1. The van der Waals surface area contributed by atoms with Crippen molar-refractivity contribution in [2.24, 2.45) is 0 Å². The lowest BCUT2D eigenvalue weighted by atomic mass is 10.0. The Labute approximate surface area is 144 Å². The molecule has 1 N–H and O–H groups in total. The number of rotatable bonds is 6. The summed E-state index contributed by atoms with van der Waals surface area (Å²) < 4.78 is 18.3. The zero-order valence-electron chi connectivity index (χ0n) is 14.4. The average Bonchev–Trinajstić information content (AvgIpc) is 2.63. The highest BCUT2D eigenvalue weighted by atomic mass is 19.1. The Bertz CT molecular complexity index is 483. The molecule has 0 saturated carbocycles. The summed E-state index contributed by atoms with van der Waals surface area (Å²) in [5.41, 5.74) is 0.808. The van der Waals surface area contributed by atoms with E-state index in [1.54, 1.807) is 12.1 Å². The lowest BCUT2D eigenvalue weighted by Crippen LogP contribution is -2.49. The zero-order chi connectivity index (χ0) is 16.8. The van der Waals surface area contributed by atoms with Gasteiger partial charge in [0, 0.05) is 19.1 Å². The first-order valence-corrected chi connectivity index (χ1v) is 9.20. The van der Waals surface area contributed by atoms with Crippen molar-refractivity contribution in [3.05, 3.63) is 35.6 Å². The summed E-state index contributed by atoms with van der Waals surface area (Å²) in [6, 6.07) is 6.89. The molecule has 24 heavy (non-hydrogen) atoms. The summed E-state index contributed by atoms with van der Waals surface area (Å²) in [5.74, 6) is -0.255. The molecule has 0 aromatic heterocycles. The summed E-state index contributed by atoms with van der Waals surface area (Å²) in [6.07, 6.45) is 3.69. The molecular formula is C19H29FN2O2. The molecule has 0 bridgehead atoms. The fraction of sp³-hybridized carbons (Fsp3) is 0.684. The average molecular weight is 336 g/mol. The molecule has 5 heteroatoms. The van der Waals surface area contributed by atoms with Crippen LogP contribution in [0, 0.1) is 5.82 Å². The Morgan fingerprint density at radius 2 is 1.75 bits per heavy atom. The molecule has 3 rings (SSSR count). The molecule has 1 aromatic rings. The Kier molecular flexibility index (Phi) is 6.60. The first-order chi connectivity index (χ1) is 11.7. The molecule has 4 nitrogen and oxygen atoms in total. The fourth-order valence-electron chi connectivity index (χ4n) is 3.81. The van der Waals surface area contributed by atoms with Gasteiger partial charge in [-0.3, -0.25) is 4.90 Å². The second kappa shape index (κ2) is 8.90. The molecule has 2 fully saturated rings. The Morgan fingerprint density at radius 3 is 2.42 bits per heavy atom. The van der Waals surface area contributed by atoms with Crippen LogP contribution < -0.4 is 0 Å². The van der Waals surface area contributed by atoms with Gasteiger partial charge in [0.1, 0.15) is 5.82 Å². The molecular weight excluding hydrogens is 307 g/mol. The van der Waals surface area contributed by atoms with E-state index in [-0.39, 0.29) is 5.82 Å². The highest BCUT2D eigenvalue weighted by Crippen LogP contribution is 2.21. The van der Waals surface area contributed by atoms with E-state index in [2.05, 4.69) is 9.80 Å². The predicted molar refractivity (Wildman–Crippen MR) is 92.4 cm³/mol. The van der Waals surface area contributed by atoms with Gasteiger partial charge in [0.2, 0.25) is 0 Å². The van der Waals surface area contributed by atoms with Crippen LogP contribution in [0.3, 0.4) is 0 Å². The Balaban J connectivity index is 1.33. The van der Waals surface area contributed by atoms with Gasteiger partial charge in [-0.2, -0.15) is 0 Å². The molecule has 0 aliphatic carbocycles. The van der Waals surface area contributed by atoms with Crippen LogP contribution in [-0.4, -0.2) is 66.9 Å². The Morgan fingerprint density at radius 1 is 1.08 bits per heavy atom. The molecule has 134 valence electrons. The number of benzene rings is 1. The van der Waals surface area contributed by atoms with Crippen LogP contribution in [0.2, 0.25) is 0 Å². The van der Waals surface area contributed by atoms with Gasteiger partial charge in [-0.15, -0.1) is 0 Å². The highest BCUT2D eigenvalue weighted by Gasteiger charge is 2.25. The van der Waals surface area contributed by atoms with Gasteiger partial charge < -0.3 is 14.7 Å². The van der Waals surface area contributed by atoms with Crippen LogP contribution in [0.4, 0.5) is 4.39 Å². The van der Waals surface area contributed by atoms with Crippen LogP contribution in [0.15, 0.2) is 24.3 Å². The minimum absolute atomic E-state index is 0.255. The maximum Gasteiger partial charge on any atom is 0.123 e. The van der Waals surface area contributed by atoms with Gasteiger partial charge in [0.25, 0.3) is 0 Å². The van der Waals surface area contributed by atoms with E-state index < -0.39 is 6.10 Å². The Hall–Kier alpha value is -1.01. The summed E-state index contributed by atoms with van der Waals surface area (Å²) in [7, 11) is 0. The largest absolute Gasteiger partial charge is 0.388 e. The molecule has 2 saturated heterocycles. The van der Waals surface area contributed by atoms with E-state index in [0.29, 0.717) is 0 Å². The topological polar surface area (TPSA) is 35.9 Å². The lowest BCUT2D eigenvalue weighted by molar-refractivity contribution is 0.000568. The van der Waals surface area contributed by atoms with E-state index in [9.17, 15) is 9.50 Å². The van der Waals surface area contributed by atoms with E-state index in [4.69, 9.17) is 4.74 Å². The van der Waals surface area contributed by atoms with Crippen molar-refractivity contribution in [2.45, 2.75) is 37.8 Å².